The van der Waals surface area contributed by atoms with E-state index in [0.29, 0.717) is 0 Å². The summed E-state index contributed by atoms with van der Waals surface area (Å²) in [5.41, 5.74) is 0.147. The van der Waals surface area contributed by atoms with Gasteiger partial charge in [-0.3, -0.25) is 0 Å². The third-order valence-electron chi connectivity index (χ3n) is 4.21. The standard InChI is InChI=1S/C14H27NO3/c1-16-11-7-15-6-2-13-3-8-18-14(12-13)4-9-17-10-5-14/h13,15H,2-12H2,1H3. The molecule has 2 aliphatic heterocycles. The minimum Gasteiger partial charge on any atom is -0.383 e. The fourth-order valence-electron chi connectivity index (χ4n) is 3.07. The van der Waals surface area contributed by atoms with Gasteiger partial charge in [-0.05, 0) is 44.6 Å². The SMILES string of the molecule is COCCNCCC1CCOC2(CCOCC2)C1. The van der Waals surface area contributed by atoms with Gasteiger partial charge < -0.3 is 19.5 Å². The van der Waals surface area contributed by atoms with Gasteiger partial charge in [-0.1, -0.05) is 0 Å². The molecule has 1 spiro atoms. The molecular formula is C14H27NO3. The normalized spacial score (nSPS) is 27.5. The zero-order valence-corrected chi connectivity index (χ0v) is 11.6. The van der Waals surface area contributed by atoms with Crippen LogP contribution in [-0.2, 0) is 14.2 Å². The molecule has 1 N–H and O–H groups in total. The molecule has 2 heterocycles. The Morgan fingerprint density at radius 1 is 1.22 bits per heavy atom. The molecule has 4 nitrogen and oxygen atoms in total. The lowest BCUT2D eigenvalue weighted by atomic mass is 9.79. The molecule has 4 heteroatoms. The second-order valence-corrected chi connectivity index (χ2v) is 5.53. The Morgan fingerprint density at radius 3 is 2.83 bits per heavy atom. The van der Waals surface area contributed by atoms with Gasteiger partial charge in [0.05, 0.1) is 12.2 Å². The number of ether oxygens (including phenoxy) is 3. The molecular weight excluding hydrogens is 230 g/mol. The summed E-state index contributed by atoms with van der Waals surface area (Å²) in [5, 5.41) is 3.43. The van der Waals surface area contributed by atoms with Crippen molar-refractivity contribution < 1.29 is 14.2 Å². The number of nitrogens with one attached hydrogen (secondary N) is 1. The van der Waals surface area contributed by atoms with Gasteiger partial charge in [0, 0.05) is 33.5 Å². The maximum atomic E-state index is 6.06. The largest absolute Gasteiger partial charge is 0.383 e. The van der Waals surface area contributed by atoms with Crippen molar-refractivity contribution in [3.05, 3.63) is 0 Å². The molecule has 0 aliphatic carbocycles. The fourth-order valence-corrected chi connectivity index (χ4v) is 3.07. The highest BCUT2D eigenvalue weighted by molar-refractivity contribution is 4.89. The maximum Gasteiger partial charge on any atom is 0.0729 e. The Balaban J connectivity index is 1.66. The van der Waals surface area contributed by atoms with Crippen LogP contribution in [0.5, 0.6) is 0 Å². The van der Waals surface area contributed by atoms with Gasteiger partial charge in [0.2, 0.25) is 0 Å². The van der Waals surface area contributed by atoms with E-state index in [2.05, 4.69) is 5.32 Å². The van der Waals surface area contributed by atoms with Crippen LogP contribution in [0.25, 0.3) is 0 Å². The van der Waals surface area contributed by atoms with Gasteiger partial charge in [-0.25, -0.2) is 0 Å². The van der Waals surface area contributed by atoms with Crippen molar-refractivity contribution in [2.45, 2.75) is 37.7 Å². The Bertz CT molecular complexity index is 224. The van der Waals surface area contributed by atoms with E-state index in [0.717, 1.165) is 58.3 Å². The molecule has 0 aromatic rings. The van der Waals surface area contributed by atoms with Crippen LogP contribution >= 0.6 is 0 Å². The minimum absolute atomic E-state index is 0.147. The molecule has 2 rings (SSSR count). The monoisotopic (exact) mass is 257 g/mol. The molecule has 0 aromatic carbocycles. The summed E-state index contributed by atoms with van der Waals surface area (Å²) in [6, 6.07) is 0. The van der Waals surface area contributed by atoms with E-state index < -0.39 is 0 Å². The van der Waals surface area contributed by atoms with Crippen molar-refractivity contribution in [2.24, 2.45) is 5.92 Å². The molecule has 2 saturated heterocycles. The number of hydrogen-bond donors (Lipinski definition) is 1. The lowest BCUT2D eigenvalue weighted by Gasteiger charge is -2.43. The van der Waals surface area contributed by atoms with Crippen LogP contribution in [0.1, 0.15) is 32.1 Å². The fraction of sp³-hybridized carbons (Fsp3) is 1.00. The predicted octanol–water partition coefficient (Wildman–Crippen LogP) is 1.59. The van der Waals surface area contributed by atoms with Crippen molar-refractivity contribution in [1.82, 2.24) is 5.32 Å². The molecule has 1 unspecified atom stereocenters. The van der Waals surface area contributed by atoms with E-state index in [1.54, 1.807) is 7.11 Å². The maximum absolute atomic E-state index is 6.06. The molecule has 0 radical (unpaired) electrons. The van der Waals surface area contributed by atoms with Crippen molar-refractivity contribution in [3.63, 3.8) is 0 Å². The van der Waals surface area contributed by atoms with Gasteiger partial charge >= 0.3 is 0 Å². The number of hydrogen-bond acceptors (Lipinski definition) is 4. The molecule has 0 amide bonds. The van der Waals surface area contributed by atoms with E-state index in [4.69, 9.17) is 14.2 Å². The van der Waals surface area contributed by atoms with Crippen LogP contribution in [0.4, 0.5) is 0 Å². The average molecular weight is 257 g/mol. The second-order valence-electron chi connectivity index (χ2n) is 5.53. The summed E-state index contributed by atoms with van der Waals surface area (Å²) in [6.07, 6.45) is 5.87. The second kappa shape index (κ2) is 7.43. The molecule has 1 atom stereocenters. The third kappa shape index (κ3) is 4.19. The topological polar surface area (TPSA) is 39.7 Å². The van der Waals surface area contributed by atoms with Gasteiger partial charge in [0.15, 0.2) is 0 Å². The lowest BCUT2D eigenvalue weighted by Crippen LogP contribution is -2.44. The highest BCUT2D eigenvalue weighted by Gasteiger charge is 2.38. The van der Waals surface area contributed by atoms with Gasteiger partial charge in [0.25, 0.3) is 0 Å². The van der Waals surface area contributed by atoms with Crippen molar-refractivity contribution in [3.8, 4) is 0 Å². The summed E-state index contributed by atoms with van der Waals surface area (Å²) in [5.74, 6) is 0.812. The van der Waals surface area contributed by atoms with Crippen LogP contribution < -0.4 is 5.32 Å². The Hall–Kier alpha value is -0.160. The first-order chi connectivity index (χ1) is 8.85. The molecule has 0 saturated carbocycles. The summed E-state index contributed by atoms with van der Waals surface area (Å²) in [4.78, 5) is 0. The van der Waals surface area contributed by atoms with E-state index in [1.165, 1.54) is 19.3 Å². The lowest BCUT2D eigenvalue weighted by molar-refractivity contribution is -0.147. The summed E-state index contributed by atoms with van der Waals surface area (Å²) < 4.78 is 16.5. The van der Waals surface area contributed by atoms with Crippen molar-refractivity contribution in [2.75, 3.05) is 46.6 Å². The van der Waals surface area contributed by atoms with E-state index in [9.17, 15) is 0 Å². The summed E-state index contributed by atoms with van der Waals surface area (Å²) >= 11 is 0. The third-order valence-corrected chi connectivity index (χ3v) is 4.21. The highest BCUT2D eigenvalue weighted by atomic mass is 16.5. The minimum atomic E-state index is 0.147. The predicted molar refractivity (Wildman–Crippen MR) is 70.8 cm³/mol. The quantitative estimate of drug-likeness (QED) is 0.734. The zero-order valence-electron chi connectivity index (χ0n) is 11.6. The van der Waals surface area contributed by atoms with Gasteiger partial charge in [-0.2, -0.15) is 0 Å². The first-order valence-corrected chi connectivity index (χ1v) is 7.26. The summed E-state index contributed by atoms with van der Waals surface area (Å²) in [7, 11) is 1.75. The van der Waals surface area contributed by atoms with Crippen molar-refractivity contribution in [1.29, 1.82) is 0 Å². The van der Waals surface area contributed by atoms with Crippen LogP contribution in [0, 0.1) is 5.92 Å². The Labute approximate surface area is 110 Å². The molecule has 106 valence electrons. The van der Waals surface area contributed by atoms with Gasteiger partial charge in [0.1, 0.15) is 0 Å². The molecule has 0 aromatic heterocycles. The smallest absolute Gasteiger partial charge is 0.0729 e. The van der Waals surface area contributed by atoms with Crippen LogP contribution in [0.15, 0.2) is 0 Å². The average Bonchev–Trinajstić information content (AvgIpc) is 2.40. The van der Waals surface area contributed by atoms with E-state index in [-0.39, 0.29) is 5.60 Å². The van der Waals surface area contributed by atoms with E-state index in [1.807, 2.05) is 0 Å². The Kier molecular flexibility index (Phi) is 5.89. The zero-order chi connectivity index (χ0) is 12.7. The van der Waals surface area contributed by atoms with Crippen molar-refractivity contribution >= 4 is 0 Å². The van der Waals surface area contributed by atoms with Crippen LogP contribution in [0.2, 0.25) is 0 Å². The summed E-state index contributed by atoms with van der Waals surface area (Å²) in [6.45, 7) is 5.54. The molecule has 0 bridgehead atoms. The number of rotatable bonds is 6. The molecule has 2 aliphatic rings. The first-order valence-electron chi connectivity index (χ1n) is 7.26. The van der Waals surface area contributed by atoms with Crippen LogP contribution in [0.3, 0.4) is 0 Å². The molecule has 2 fully saturated rings. The Morgan fingerprint density at radius 2 is 2.06 bits per heavy atom. The van der Waals surface area contributed by atoms with Gasteiger partial charge in [-0.15, -0.1) is 0 Å². The first kappa shape index (κ1) is 14.3. The van der Waals surface area contributed by atoms with E-state index >= 15 is 0 Å². The van der Waals surface area contributed by atoms with Crippen LogP contribution in [-0.4, -0.2) is 52.2 Å². The molecule has 18 heavy (non-hydrogen) atoms. The highest BCUT2D eigenvalue weighted by Crippen LogP contribution is 2.37. The number of methoxy groups -OCH3 is 1.